The molecule has 0 amide bonds. The van der Waals surface area contributed by atoms with Crippen LogP contribution < -0.4 is 4.72 Å². The molecule has 0 spiro atoms. The number of nitrogens with one attached hydrogen (secondary N) is 1. The normalized spacial score (nSPS) is 20.3. The molecule has 0 atom stereocenters. The van der Waals surface area contributed by atoms with Gasteiger partial charge in [-0.05, 0) is 94.6 Å². The van der Waals surface area contributed by atoms with Gasteiger partial charge in [-0.2, -0.15) is 0 Å². The fraction of sp³-hybridized carbons (Fsp3) is 0.684. The van der Waals surface area contributed by atoms with Crippen LogP contribution in [0.25, 0.3) is 0 Å². The minimum Gasteiger partial charge on any atom is -0.301 e. The molecule has 0 aromatic heterocycles. The predicted molar refractivity (Wildman–Crippen MR) is 97.7 cm³/mol. The Morgan fingerprint density at radius 3 is 2.46 bits per heavy atom. The number of hydrogen-bond acceptors (Lipinski definition) is 3. The summed E-state index contributed by atoms with van der Waals surface area (Å²) in [6, 6.07) is 6.24. The second-order valence-electron chi connectivity index (χ2n) is 7.56. The first-order valence-corrected chi connectivity index (χ1v) is 10.8. The van der Waals surface area contributed by atoms with Crippen LogP contribution in [0.15, 0.2) is 23.1 Å². The quantitative estimate of drug-likeness (QED) is 0.888. The van der Waals surface area contributed by atoms with Crippen LogP contribution in [-0.2, 0) is 22.9 Å². The van der Waals surface area contributed by atoms with Gasteiger partial charge in [0.15, 0.2) is 0 Å². The molecule has 1 N–H and O–H groups in total. The molecule has 0 bridgehead atoms. The smallest absolute Gasteiger partial charge is 0.240 e. The summed E-state index contributed by atoms with van der Waals surface area (Å²) in [5.41, 5.74) is 2.54. The highest BCUT2D eigenvalue weighted by Crippen LogP contribution is 2.24. The van der Waals surface area contributed by atoms with Crippen molar-refractivity contribution in [3.05, 3.63) is 29.3 Å². The molecular weight excluding hydrogens is 320 g/mol. The van der Waals surface area contributed by atoms with E-state index >= 15 is 0 Å². The van der Waals surface area contributed by atoms with E-state index in [-0.39, 0.29) is 0 Å². The zero-order chi connectivity index (χ0) is 17.2. The van der Waals surface area contributed by atoms with Crippen molar-refractivity contribution in [2.45, 2.75) is 63.3 Å². The molecule has 2 aliphatic rings. The monoisotopic (exact) mass is 350 g/mol. The molecule has 134 valence electrons. The minimum atomic E-state index is -3.39. The van der Waals surface area contributed by atoms with Gasteiger partial charge in [0, 0.05) is 12.6 Å². The number of fused-ring (bicyclic) bond motifs is 1. The van der Waals surface area contributed by atoms with E-state index in [1.54, 1.807) is 6.07 Å². The van der Waals surface area contributed by atoms with E-state index in [1.165, 1.54) is 24.0 Å². The molecule has 0 saturated carbocycles. The average molecular weight is 351 g/mol. The zero-order valence-electron chi connectivity index (χ0n) is 14.9. The maximum atomic E-state index is 12.6. The predicted octanol–water partition coefficient (Wildman–Crippen LogP) is 2.96. The summed E-state index contributed by atoms with van der Waals surface area (Å²) in [7, 11) is -3.39. The number of rotatable bonds is 5. The molecule has 1 aliphatic carbocycles. The maximum absolute atomic E-state index is 12.6. The van der Waals surface area contributed by atoms with Gasteiger partial charge >= 0.3 is 0 Å². The fourth-order valence-electron chi connectivity index (χ4n) is 3.86. The van der Waals surface area contributed by atoms with Crippen molar-refractivity contribution in [2.75, 3.05) is 19.6 Å². The lowest BCUT2D eigenvalue weighted by molar-refractivity contribution is 0.151. The third-order valence-corrected chi connectivity index (χ3v) is 6.99. The molecule has 1 aliphatic heterocycles. The Balaban J connectivity index is 1.59. The van der Waals surface area contributed by atoms with Gasteiger partial charge in [0.25, 0.3) is 0 Å². The van der Waals surface area contributed by atoms with Crippen LogP contribution in [-0.4, -0.2) is 39.0 Å². The Labute approximate surface area is 146 Å². The van der Waals surface area contributed by atoms with Gasteiger partial charge in [-0.3, -0.25) is 0 Å². The van der Waals surface area contributed by atoms with Crippen LogP contribution in [0.5, 0.6) is 0 Å². The number of likely N-dealkylation sites (tertiary alicyclic amines) is 1. The molecule has 0 radical (unpaired) electrons. The summed E-state index contributed by atoms with van der Waals surface area (Å²) in [5, 5.41) is 0. The molecule has 1 aromatic carbocycles. The van der Waals surface area contributed by atoms with Gasteiger partial charge in [0.1, 0.15) is 0 Å². The first-order valence-electron chi connectivity index (χ1n) is 9.31. The lowest BCUT2D eigenvalue weighted by Crippen LogP contribution is -2.41. The van der Waals surface area contributed by atoms with E-state index in [1.807, 2.05) is 12.1 Å². The van der Waals surface area contributed by atoms with Crippen molar-refractivity contribution in [1.29, 1.82) is 0 Å². The van der Waals surface area contributed by atoms with Crippen molar-refractivity contribution in [3.63, 3.8) is 0 Å². The van der Waals surface area contributed by atoms with Crippen molar-refractivity contribution in [2.24, 2.45) is 5.92 Å². The standard InChI is InChI=1S/C19H30N2O2S/c1-15(2)21-11-9-16(10-12-21)14-20-24(22,23)19-8-7-17-5-3-4-6-18(17)13-19/h7-8,13,15-16,20H,3-6,9-12,14H2,1-2H3. The third-order valence-electron chi connectivity index (χ3n) is 5.57. The summed E-state index contributed by atoms with van der Waals surface area (Å²) in [6.07, 6.45) is 6.62. The van der Waals surface area contributed by atoms with E-state index in [4.69, 9.17) is 0 Å². The Bertz CT molecular complexity index is 662. The number of nitrogens with zero attached hydrogens (tertiary/aromatic N) is 1. The summed E-state index contributed by atoms with van der Waals surface area (Å²) >= 11 is 0. The Kier molecular flexibility index (Phi) is 5.63. The van der Waals surface area contributed by atoms with E-state index in [0.717, 1.165) is 38.8 Å². The van der Waals surface area contributed by atoms with Gasteiger partial charge in [-0.1, -0.05) is 6.07 Å². The van der Waals surface area contributed by atoms with Gasteiger partial charge in [-0.15, -0.1) is 0 Å². The van der Waals surface area contributed by atoms with Crippen LogP contribution in [0.4, 0.5) is 0 Å². The molecule has 3 rings (SSSR count). The van der Waals surface area contributed by atoms with Crippen molar-refractivity contribution in [1.82, 2.24) is 9.62 Å². The first kappa shape index (κ1) is 17.9. The third kappa shape index (κ3) is 4.19. The van der Waals surface area contributed by atoms with E-state index < -0.39 is 10.0 Å². The number of aryl methyl sites for hydroxylation is 2. The number of piperidine rings is 1. The van der Waals surface area contributed by atoms with Crippen molar-refractivity contribution >= 4 is 10.0 Å². The van der Waals surface area contributed by atoms with E-state index in [9.17, 15) is 8.42 Å². The highest BCUT2D eigenvalue weighted by Gasteiger charge is 2.23. The first-order chi connectivity index (χ1) is 11.5. The second-order valence-corrected chi connectivity index (χ2v) is 9.33. The molecule has 1 saturated heterocycles. The Morgan fingerprint density at radius 2 is 1.79 bits per heavy atom. The zero-order valence-corrected chi connectivity index (χ0v) is 15.7. The van der Waals surface area contributed by atoms with Crippen molar-refractivity contribution in [3.8, 4) is 0 Å². The van der Waals surface area contributed by atoms with Crippen LogP contribution in [0.2, 0.25) is 0 Å². The highest BCUT2D eigenvalue weighted by molar-refractivity contribution is 7.89. The summed E-state index contributed by atoms with van der Waals surface area (Å²) in [5.74, 6) is 0.451. The molecule has 4 nitrogen and oxygen atoms in total. The lowest BCUT2D eigenvalue weighted by atomic mass is 9.92. The van der Waals surface area contributed by atoms with Gasteiger partial charge in [0.05, 0.1) is 4.90 Å². The van der Waals surface area contributed by atoms with Crippen LogP contribution in [0.1, 0.15) is 50.7 Å². The van der Waals surface area contributed by atoms with Crippen LogP contribution in [0, 0.1) is 5.92 Å². The van der Waals surface area contributed by atoms with Gasteiger partial charge < -0.3 is 4.90 Å². The molecule has 1 heterocycles. The summed E-state index contributed by atoms with van der Waals surface area (Å²) < 4.78 is 28.1. The average Bonchev–Trinajstić information content (AvgIpc) is 2.60. The Morgan fingerprint density at radius 1 is 1.12 bits per heavy atom. The largest absolute Gasteiger partial charge is 0.301 e. The highest BCUT2D eigenvalue weighted by atomic mass is 32.2. The second kappa shape index (κ2) is 7.54. The fourth-order valence-corrected chi connectivity index (χ4v) is 5.03. The van der Waals surface area contributed by atoms with Crippen molar-refractivity contribution < 1.29 is 8.42 Å². The molecule has 24 heavy (non-hydrogen) atoms. The molecule has 1 fully saturated rings. The molecule has 1 aromatic rings. The van der Waals surface area contributed by atoms with Gasteiger partial charge in [0.2, 0.25) is 10.0 Å². The number of benzene rings is 1. The topological polar surface area (TPSA) is 49.4 Å². The molecular formula is C19H30N2O2S. The lowest BCUT2D eigenvalue weighted by Gasteiger charge is -2.34. The molecule has 0 unspecified atom stereocenters. The van der Waals surface area contributed by atoms with Crippen LogP contribution >= 0.6 is 0 Å². The van der Waals surface area contributed by atoms with Gasteiger partial charge in [-0.25, -0.2) is 13.1 Å². The number of hydrogen-bond donors (Lipinski definition) is 1. The summed E-state index contributed by atoms with van der Waals surface area (Å²) in [4.78, 5) is 2.90. The van der Waals surface area contributed by atoms with E-state index in [2.05, 4.69) is 23.5 Å². The Hall–Kier alpha value is -0.910. The number of sulfonamides is 1. The SMILES string of the molecule is CC(C)N1CCC(CNS(=O)(=O)c2ccc3c(c2)CCCC3)CC1. The van der Waals surface area contributed by atoms with Crippen LogP contribution in [0.3, 0.4) is 0 Å². The van der Waals surface area contributed by atoms with E-state index in [0.29, 0.717) is 23.4 Å². The maximum Gasteiger partial charge on any atom is 0.240 e. The summed E-state index contributed by atoms with van der Waals surface area (Å²) in [6.45, 7) is 7.15. The molecule has 5 heteroatoms. The minimum absolute atomic E-state index is 0.433.